The number of nitriles is 1. The van der Waals surface area contributed by atoms with Gasteiger partial charge in [0.25, 0.3) is 0 Å². The van der Waals surface area contributed by atoms with Crippen LogP contribution in [0.4, 0.5) is 0 Å². The number of hydrogen-bond donors (Lipinski definition) is 2. The lowest BCUT2D eigenvalue weighted by Crippen LogP contribution is -2.34. The van der Waals surface area contributed by atoms with Crippen LogP contribution < -0.4 is 10.6 Å². The summed E-state index contributed by atoms with van der Waals surface area (Å²) >= 11 is 0. The molecule has 0 aromatic carbocycles. The van der Waals surface area contributed by atoms with Gasteiger partial charge in [0.05, 0.1) is 0 Å². The van der Waals surface area contributed by atoms with Gasteiger partial charge in [0.15, 0.2) is 0 Å². The van der Waals surface area contributed by atoms with E-state index in [1.807, 2.05) is 38.5 Å². The predicted octanol–water partition coefficient (Wildman–Crippen LogP) is 1.07. The minimum Gasteiger partial charge on any atom is -0.355 e. The molecule has 0 aliphatic rings. The largest absolute Gasteiger partial charge is 0.355 e. The Hall–Kier alpha value is -1.80. The second-order valence-corrected chi connectivity index (χ2v) is 4.93. The molecule has 1 aromatic rings. The van der Waals surface area contributed by atoms with Crippen molar-refractivity contribution in [3.8, 4) is 6.07 Å². The quantitative estimate of drug-likeness (QED) is 0.753. The van der Waals surface area contributed by atoms with Gasteiger partial charge >= 0.3 is 0 Å². The Bertz CT molecular complexity index is 482. The predicted molar refractivity (Wildman–Crippen MR) is 74.4 cm³/mol. The van der Waals surface area contributed by atoms with Gasteiger partial charge in [-0.1, -0.05) is 13.8 Å². The molecule has 0 radical (unpaired) electrons. The van der Waals surface area contributed by atoms with Crippen molar-refractivity contribution >= 4 is 5.91 Å². The topological polar surface area (TPSA) is 69.8 Å². The van der Waals surface area contributed by atoms with E-state index in [4.69, 9.17) is 5.26 Å². The molecule has 0 spiro atoms. The van der Waals surface area contributed by atoms with Crippen molar-refractivity contribution < 1.29 is 4.79 Å². The number of rotatable bonds is 6. The smallest absolute Gasteiger partial charge is 0.222 e. The number of carbonyl (C=O) groups excluding carboxylic acids is 1. The van der Waals surface area contributed by atoms with Crippen molar-refractivity contribution in [1.29, 1.82) is 5.26 Å². The molecule has 0 bridgehead atoms. The average molecular weight is 262 g/mol. The SMILES string of the molecule is Cc1c(CNCCNC(=O)C(C)C)cc(C#N)n1C. The van der Waals surface area contributed by atoms with Crippen molar-refractivity contribution in [2.45, 2.75) is 27.3 Å². The molecule has 5 heteroatoms. The third kappa shape index (κ3) is 4.11. The Balaban J connectivity index is 2.35. The molecule has 104 valence electrons. The lowest BCUT2D eigenvalue weighted by molar-refractivity contribution is -0.123. The van der Waals surface area contributed by atoms with E-state index in [-0.39, 0.29) is 11.8 Å². The van der Waals surface area contributed by atoms with Gasteiger partial charge in [-0.2, -0.15) is 5.26 Å². The summed E-state index contributed by atoms with van der Waals surface area (Å²) in [6.07, 6.45) is 0. The van der Waals surface area contributed by atoms with E-state index in [0.29, 0.717) is 25.3 Å². The maximum absolute atomic E-state index is 11.3. The van der Waals surface area contributed by atoms with Crippen LogP contribution in [0.5, 0.6) is 0 Å². The molecule has 0 fully saturated rings. The van der Waals surface area contributed by atoms with Crippen molar-refractivity contribution in [1.82, 2.24) is 15.2 Å². The molecule has 2 N–H and O–H groups in total. The molecular weight excluding hydrogens is 240 g/mol. The standard InChI is InChI=1S/C14H22N4O/c1-10(2)14(19)17-6-5-16-9-12-7-13(8-15)18(4)11(12)3/h7,10,16H,5-6,9H2,1-4H3,(H,17,19). The maximum atomic E-state index is 11.3. The van der Waals surface area contributed by atoms with Gasteiger partial charge in [-0.25, -0.2) is 0 Å². The van der Waals surface area contributed by atoms with Gasteiger partial charge in [0.2, 0.25) is 5.91 Å². The summed E-state index contributed by atoms with van der Waals surface area (Å²) in [6, 6.07) is 4.06. The van der Waals surface area contributed by atoms with Gasteiger partial charge in [-0.05, 0) is 18.6 Å². The molecule has 19 heavy (non-hydrogen) atoms. The maximum Gasteiger partial charge on any atom is 0.222 e. The van der Waals surface area contributed by atoms with E-state index in [1.54, 1.807) is 0 Å². The molecule has 0 aliphatic heterocycles. The van der Waals surface area contributed by atoms with Gasteiger partial charge < -0.3 is 15.2 Å². The minimum atomic E-state index is 0.0227. The van der Waals surface area contributed by atoms with Gasteiger partial charge in [-0.3, -0.25) is 4.79 Å². The first-order valence-electron chi connectivity index (χ1n) is 6.51. The highest BCUT2D eigenvalue weighted by Gasteiger charge is 2.08. The summed E-state index contributed by atoms with van der Waals surface area (Å²) in [5, 5.41) is 15.1. The molecule has 5 nitrogen and oxygen atoms in total. The summed E-state index contributed by atoms with van der Waals surface area (Å²) in [4.78, 5) is 11.3. The van der Waals surface area contributed by atoms with Crippen LogP contribution in [-0.4, -0.2) is 23.6 Å². The molecule has 1 rings (SSSR count). The highest BCUT2D eigenvalue weighted by atomic mass is 16.1. The van der Waals surface area contributed by atoms with Crippen LogP contribution >= 0.6 is 0 Å². The number of hydrogen-bond acceptors (Lipinski definition) is 3. The number of aromatic nitrogens is 1. The molecule has 1 heterocycles. The van der Waals surface area contributed by atoms with Crippen LogP contribution in [0, 0.1) is 24.2 Å². The van der Waals surface area contributed by atoms with E-state index >= 15 is 0 Å². The van der Waals surface area contributed by atoms with Crippen molar-refractivity contribution in [3.05, 3.63) is 23.0 Å². The third-order valence-corrected chi connectivity index (χ3v) is 3.20. The second-order valence-electron chi connectivity index (χ2n) is 4.93. The fourth-order valence-electron chi connectivity index (χ4n) is 1.75. The Morgan fingerprint density at radius 3 is 2.68 bits per heavy atom. The first kappa shape index (κ1) is 15.3. The molecule has 0 saturated carbocycles. The number of nitrogens with one attached hydrogen (secondary N) is 2. The molecule has 1 amide bonds. The van der Waals surface area contributed by atoms with Crippen LogP contribution in [0.25, 0.3) is 0 Å². The lowest BCUT2D eigenvalue weighted by Gasteiger charge is -2.08. The molecule has 0 unspecified atom stereocenters. The highest BCUT2D eigenvalue weighted by molar-refractivity contribution is 5.77. The van der Waals surface area contributed by atoms with Crippen LogP contribution in [0.1, 0.15) is 30.8 Å². The molecule has 0 aliphatic carbocycles. The highest BCUT2D eigenvalue weighted by Crippen LogP contribution is 2.12. The normalized spacial score (nSPS) is 10.5. The first-order chi connectivity index (χ1) is 8.97. The Kier molecular flexibility index (Phi) is 5.58. The molecule has 0 atom stereocenters. The summed E-state index contributed by atoms with van der Waals surface area (Å²) in [7, 11) is 1.89. The summed E-state index contributed by atoms with van der Waals surface area (Å²) in [5.41, 5.74) is 2.88. The lowest BCUT2D eigenvalue weighted by atomic mass is 10.2. The Morgan fingerprint density at radius 1 is 1.47 bits per heavy atom. The monoisotopic (exact) mass is 262 g/mol. The van der Waals surface area contributed by atoms with Crippen molar-refractivity contribution in [2.24, 2.45) is 13.0 Å². The van der Waals surface area contributed by atoms with Crippen molar-refractivity contribution in [3.63, 3.8) is 0 Å². The zero-order valence-corrected chi connectivity index (χ0v) is 12.1. The molecule has 0 saturated heterocycles. The average Bonchev–Trinajstić information content (AvgIpc) is 2.65. The second kappa shape index (κ2) is 6.95. The molecule has 1 aromatic heterocycles. The Morgan fingerprint density at radius 2 is 2.16 bits per heavy atom. The number of carbonyl (C=O) groups is 1. The summed E-state index contributed by atoms with van der Waals surface area (Å²) in [5.74, 6) is 0.0963. The van der Waals surface area contributed by atoms with E-state index < -0.39 is 0 Å². The summed E-state index contributed by atoms with van der Waals surface area (Å²) in [6.45, 7) is 7.79. The third-order valence-electron chi connectivity index (χ3n) is 3.20. The fourth-order valence-corrected chi connectivity index (χ4v) is 1.75. The zero-order chi connectivity index (χ0) is 14.4. The van der Waals surface area contributed by atoms with E-state index in [0.717, 1.165) is 11.3 Å². The van der Waals surface area contributed by atoms with E-state index in [9.17, 15) is 4.79 Å². The Labute approximate surface area is 114 Å². The van der Waals surface area contributed by atoms with Crippen molar-refractivity contribution in [2.75, 3.05) is 13.1 Å². The van der Waals surface area contributed by atoms with Crippen LogP contribution in [0.15, 0.2) is 6.07 Å². The summed E-state index contributed by atoms with van der Waals surface area (Å²) < 4.78 is 1.89. The van der Waals surface area contributed by atoms with Crippen LogP contribution in [-0.2, 0) is 18.4 Å². The van der Waals surface area contributed by atoms with Gasteiger partial charge in [-0.15, -0.1) is 0 Å². The first-order valence-corrected chi connectivity index (χ1v) is 6.51. The van der Waals surface area contributed by atoms with Gasteiger partial charge in [0.1, 0.15) is 11.8 Å². The minimum absolute atomic E-state index is 0.0227. The zero-order valence-electron chi connectivity index (χ0n) is 12.1. The van der Waals surface area contributed by atoms with Crippen LogP contribution in [0.3, 0.4) is 0 Å². The molecular formula is C14H22N4O. The van der Waals surface area contributed by atoms with Gasteiger partial charge in [0, 0.05) is 38.3 Å². The fraction of sp³-hybridized carbons (Fsp3) is 0.571. The number of nitrogens with zero attached hydrogens (tertiary/aromatic N) is 2. The van der Waals surface area contributed by atoms with E-state index in [2.05, 4.69) is 16.7 Å². The van der Waals surface area contributed by atoms with Crippen LogP contribution in [0.2, 0.25) is 0 Å². The number of amides is 1. The van der Waals surface area contributed by atoms with E-state index in [1.165, 1.54) is 0 Å².